The molecule has 3 amide bonds. The van der Waals surface area contributed by atoms with E-state index in [9.17, 15) is 19.5 Å². The van der Waals surface area contributed by atoms with Crippen LogP contribution in [0.25, 0.3) is 0 Å². The summed E-state index contributed by atoms with van der Waals surface area (Å²) >= 11 is 0. The van der Waals surface area contributed by atoms with Gasteiger partial charge in [-0.2, -0.15) is 0 Å². The van der Waals surface area contributed by atoms with Gasteiger partial charge >= 0.3 is 12.0 Å². The molecule has 0 radical (unpaired) electrons. The van der Waals surface area contributed by atoms with E-state index in [0.29, 0.717) is 29.2 Å². The van der Waals surface area contributed by atoms with Crippen LogP contribution in [0.1, 0.15) is 33.2 Å². The van der Waals surface area contributed by atoms with Crippen molar-refractivity contribution in [2.24, 2.45) is 0 Å². The van der Waals surface area contributed by atoms with E-state index >= 15 is 0 Å². The first-order chi connectivity index (χ1) is 15.4. The second-order valence-corrected chi connectivity index (χ2v) is 6.76. The minimum Gasteiger partial charge on any atom is -0.478 e. The van der Waals surface area contributed by atoms with E-state index in [4.69, 9.17) is 0 Å². The Labute approximate surface area is 184 Å². The molecule has 5 N–H and O–H groups in total. The Morgan fingerprint density at radius 3 is 2.47 bits per heavy atom. The molecule has 1 aromatic carbocycles. The number of carboxylic acid groups (broad SMARTS) is 1. The van der Waals surface area contributed by atoms with Gasteiger partial charge < -0.3 is 21.1 Å². The Hall–Kier alpha value is -4.47. The average Bonchev–Trinajstić information content (AvgIpc) is 2.74. The molecule has 3 aromatic rings. The molecule has 2 heterocycles. The van der Waals surface area contributed by atoms with Crippen molar-refractivity contribution < 1.29 is 19.5 Å². The molecule has 0 atom stereocenters. The molecule has 0 bridgehead atoms. The smallest absolute Gasteiger partial charge is 0.335 e. The van der Waals surface area contributed by atoms with Gasteiger partial charge in [0.25, 0.3) is 5.91 Å². The SMILES string of the molecule is CCNC(=O)Nc1cc(Nc2ccc(C(=O)O)c(C)c2)c(C(=O)Nc2cccnc2)cn1. The van der Waals surface area contributed by atoms with Gasteiger partial charge in [-0.25, -0.2) is 14.6 Å². The van der Waals surface area contributed by atoms with Crippen LogP contribution in [0.4, 0.5) is 27.7 Å². The van der Waals surface area contributed by atoms with E-state index in [1.54, 1.807) is 44.3 Å². The zero-order valence-electron chi connectivity index (χ0n) is 17.5. The summed E-state index contributed by atoms with van der Waals surface area (Å²) < 4.78 is 0. The minimum absolute atomic E-state index is 0.179. The zero-order chi connectivity index (χ0) is 23.1. The van der Waals surface area contributed by atoms with Crippen molar-refractivity contribution in [3.05, 3.63) is 71.7 Å². The second kappa shape index (κ2) is 10.0. The molecular weight excluding hydrogens is 412 g/mol. The van der Waals surface area contributed by atoms with Crippen LogP contribution in [0.15, 0.2) is 55.0 Å². The van der Waals surface area contributed by atoms with E-state index in [1.165, 1.54) is 24.5 Å². The third-order valence-electron chi connectivity index (χ3n) is 4.38. The molecule has 10 heteroatoms. The third-order valence-corrected chi connectivity index (χ3v) is 4.38. The predicted molar refractivity (Wildman–Crippen MR) is 121 cm³/mol. The fraction of sp³-hybridized carbons (Fsp3) is 0.136. The van der Waals surface area contributed by atoms with Crippen molar-refractivity contribution in [1.82, 2.24) is 15.3 Å². The fourth-order valence-electron chi connectivity index (χ4n) is 2.90. The van der Waals surface area contributed by atoms with Gasteiger partial charge in [0.2, 0.25) is 0 Å². The zero-order valence-corrected chi connectivity index (χ0v) is 17.5. The number of urea groups is 1. The summed E-state index contributed by atoms with van der Waals surface area (Å²) in [6.07, 6.45) is 4.45. The predicted octanol–water partition coefficient (Wildman–Crippen LogP) is 3.62. The number of aryl methyl sites for hydroxylation is 1. The monoisotopic (exact) mass is 434 g/mol. The molecular formula is C22H22N6O4. The van der Waals surface area contributed by atoms with E-state index in [0.717, 1.165) is 0 Å². The van der Waals surface area contributed by atoms with Gasteiger partial charge in [-0.15, -0.1) is 0 Å². The number of nitrogens with zero attached hydrogens (tertiary/aromatic N) is 2. The fourth-order valence-corrected chi connectivity index (χ4v) is 2.90. The normalized spacial score (nSPS) is 10.2. The summed E-state index contributed by atoms with van der Waals surface area (Å²) in [6, 6.07) is 9.21. The van der Waals surface area contributed by atoms with Crippen LogP contribution in [-0.4, -0.2) is 39.5 Å². The van der Waals surface area contributed by atoms with Crippen LogP contribution in [0, 0.1) is 6.92 Å². The van der Waals surface area contributed by atoms with Crippen LogP contribution < -0.4 is 21.3 Å². The molecule has 164 valence electrons. The third kappa shape index (κ3) is 5.57. The number of anilines is 4. The number of hydrogen-bond acceptors (Lipinski definition) is 6. The van der Waals surface area contributed by atoms with Gasteiger partial charge in [-0.05, 0) is 49.7 Å². The first-order valence-corrected chi connectivity index (χ1v) is 9.74. The molecule has 0 saturated heterocycles. The lowest BCUT2D eigenvalue weighted by Crippen LogP contribution is -2.28. The van der Waals surface area contributed by atoms with Gasteiger partial charge in [-0.1, -0.05) is 0 Å². The van der Waals surface area contributed by atoms with Gasteiger partial charge in [0.15, 0.2) is 0 Å². The first kappa shape index (κ1) is 22.2. The molecule has 32 heavy (non-hydrogen) atoms. The maximum atomic E-state index is 12.9. The molecule has 3 rings (SSSR count). The van der Waals surface area contributed by atoms with Crippen molar-refractivity contribution in [1.29, 1.82) is 0 Å². The van der Waals surface area contributed by atoms with E-state index in [-0.39, 0.29) is 16.9 Å². The van der Waals surface area contributed by atoms with Crippen LogP contribution >= 0.6 is 0 Å². The highest BCUT2D eigenvalue weighted by atomic mass is 16.4. The summed E-state index contributed by atoms with van der Waals surface area (Å²) in [5.41, 5.74) is 2.40. The van der Waals surface area contributed by atoms with Crippen LogP contribution in [0.5, 0.6) is 0 Å². The lowest BCUT2D eigenvalue weighted by atomic mass is 10.1. The molecule has 0 unspecified atom stereocenters. The molecule has 0 aliphatic carbocycles. The molecule has 0 spiro atoms. The van der Waals surface area contributed by atoms with Crippen molar-refractivity contribution >= 4 is 40.8 Å². The Bertz CT molecular complexity index is 1150. The van der Waals surface area contributed by atoms with Gasteiger partial charge in [0.1, 0.15) is 5.82 Å². The first-order valence-electron chi connectivity index (χ1n) is 9.74. The van der Waals surface area contributed by atoms with Crippen molar-refractivity contribution in [3.8, 4) is 0 Å². The summed E-state index contributed by atoms with van der Waals surface area (Å²) in [6.45, 7) is 3.91. The summed E-state index contributed by atoms with van der Waals surface area (Å²) in [4.78, 5) is 44.1. The van der Waals surface area contributed by atoms with Crippen molar-refractivity contribution in [2.75, 3.05) is 22.5 Å². The lowest BCUT2D eigenvalue weighted by molar-refractivity contribution is 0.0696. The molecule has 10 nitrogen and oxygen atoms in total. The standard InChI is InChI=1S/C22H22N6O4/c1-3-24-22(32)28-19-10-18(26-14-6-7-16(21(30)31)13(2)9-14)17(12-25-19)20(29)27-15-5-4-8-23-11-15/h4-12H,3H2,1-2H3,(H,27,29)(H,30,31)(H3,24,25,26,28,32). The topological polar surface area (TPSA) is 145 Å². The number of carbonyl (C=O) groups excluding carboxylic acids is 2. The van der Waals surface area contributed by atoms with E-state index in [1.807, 2.05) is 0 Å². The molecule has 0 aliphatic rings. The molecule has 2 aromatic heterocycles. The second-order valence-electron chi connectivity index (χ2n) is 6.76. The summed E-state index contributed by atoms with van der Waals surface area (Å²) in [5.74, 6) is -1.23. The molecule has 0 fully saturated rings. The number of carboxylic acids is 1. The summed E-state index contributed by atoms with van der Waals surface area (Å²) in [7, 11) is 0. The van der Waals surface area contributed by atoms with E-state index in [2.05, 4.69) is 31.2 Å². The molecule has 0 aliphatic heterocycles. The van der Waals surface area contributed by atoms with Gasteiger partial charge in [-0.3, -0.25) is 15.1 Å². The highest BCUT2D eigenvalue weighted by Gasteiger charge is 2.16. The summed E-state index contributed by atoms with van der Waals surface area (Å²) in [5, 5.41) is 20.3. The Balaban J connectivity index is 1.93. The molecule has 0 saturated carbocycles. The maximum absolute atomic E-state index is 12.9. The number of benzene rings is 1. The van der Waals surface area contributed by atoms with Crippen LogP contribution in [-0.2, 0) is 0 Å². The highest BCUT2D eigenvalue weighted by molar-refractivity contribution is 6.08. The highest BCUT2D eigenvalue weighted by Crippen LogP contribution is 2.26. The number of carbonyl (C=O) groups is 3. The van der Waals surface area contributed by atoms with E-state index < -0.39 is 17.9 Å². The van der Waals surface area contributed by atoms with Gasteiger partial charge in [0.05, 0.1) is 28.7 Å². The number of aromatic nitrogens is 2. The average molecular weight is 434 g/mol. The number of nitrogens with one attached hydrogen (secondary N) is 4. The van der Waals surface area contributed by atoms with Crippen molar-refractivity contribution in [3.63, 3.8) is 0 Å². The minimum atomic E-state index is -1.03. The largest absolute Gasteiger partial charge is 0.478 e. The number of aromatic carboxylic acids is 1. The number of rotatable bonds is 7. The van der Waals surface area contributed by atoms with Crippen LogP contribution in [0.3, 0.4) is 0 Å². The number of amides is 3. The van der Waals surface area contributed by atoms with Gasteiger partial charge in [0, 0.05) is 30.7 Å². The number of hydrogen-bond donors (Lipinski definition) is 5. The quantitative estimate of drug-likeness (QED) is 0.382. The van der Waals surface area contributed by atoms with Crippen molar-refractivity contribution in [2.45, 2.75) is 13.8 Å². The van der Waals surface area contributed by atoms with Crippen LogP contribution in [0.2, 0.25) is 0 Å². The lowest BCUT2D eigenvalue weighted by Gasteiger charge is -2.15. The Kier molecular flexibility index (Phi) is 6.96. The number of pyridine rings is 2. The maximum Gasteiger partial charge on any atom is 0.335 e. The Morgan fingerprint density at radius 2 is 1.81 bits per heavy atom. The Morgan fingerprint density at radius 1 is 1.00 bits per heavy atom.